The number of nitrogens with one attached hydrogen (secondary N) is 2. The zero-order valence-corrected chi connectivity index (χ0v) is 14.7. The fraction of sp³-hybridized carbons (Fsp3) is 0.438. The van der Waals surface area contributed by atoms with Gasteiger partial charge in [-0.25, -0.2) is 4.98 Å². The molecule has 0 aliphatic carbocycles. The summed E-state index contributed by atoms with van der Waals surface area (Å²) < 4.78 is 0. The maximum atomic E-state index is 12.8. The van der Waals surface area contributed by atoms with E-state index in [4.69, 9.17) is 0 Å². The van der Waals surface area contributed by atoms with Crippen LogP contribution in [0.1, 0.15) is 33.6 Å². The van der Waals surface area contributed by atoms with Crippen LogP contribution in [0.4, 0.5) is 5.82 Å². The van der Waals surface area contributed by atoms with Crippen LogP contribution in [0.15, 0.2) is 12.3 Å². The Kier molecular flexibility index (Phi) is 4.92. The van der Waals surface area contributed by atoms with Crippen LogP contribution in [0.2, 0.25) is 0 Å². The van der Waals surface area contributed by atoms with Crippen molar-refractivity contribution in [3.63, 3.8) is 0 Å². The maximum Gasteiger partial charge on any atom is 0.263 e. The standard InChI is InChI=1S/C16H17N5O4.ClH/c22-13-2-1-11(14(23)19-13)21-15(24)9-7-12(18-8-10(9)16(21)25)20-5-3-17-4-6-20;/h7-8,11,17H,1-6H2,(H,19,22,23);1H. The molecule has 1 aromatic rings. The molecule has 3 aliphatic heterocycles. The van der Waals surface area contributed by atoms with E-state index in [0.29, 0.717) is 5.82 Å². The number of hydrogen-bond donors (Lipinski definition) is 2. The lowest BCUT2D eigenvalue weighted by Gasteiger charge is -2.28. The molecule has 0 aromatic carbocycles. The summed E-state index contributed by atoms with van der Waals surface area (Å²) in [6.45, 7) is 3.19. The highest BCUT2D eigenvalue weighted by molar-refractivity contribution is 6.23. The van der Waals surface area contributed by atoms with Gasteiger partial charge in [0.05, 0.1) is 11.1 Å². The normalized spacial score (nSPS) is 22.8. The second-order valence-corrected chi connectivity index (χ2v) is 6.27. The third-order valence-corrected chi connectivity index (χ3v) is 4.75. The molecule has 9 nitrogen and oxygen atoms in total. The highest BCUT2D eigenvalue weighted by atomic mass is 35.5. The SMILES string of the molecule is Cl.O=C1CCC(N2C(=O)c3cnc(N4CCNCC4)cc3C2=O)C(=O)N1. The molecule has 4 amide bonds. The minimum Gasteiger partial charge on any atom is -0.354 e. The number of anilines is 1. The van der Waals surface area contributed by atoms with Gasteiger partial charge in [0.15, 0.2) is 0 Å². The Morgan fingerprint density at radius 3 is 2.42 bits per heavy atom. The summed E-state index contributed by atoms with van der Waals surface area (Å²) in [5, 5.41) is 5.42. The summed E-state index contributed by atoms with van der Waals surface area (Å²) >= 11 is 0. The first-order valence-electron chi connectivity index (χ1n) is 8.23. The number of imide groups is 2. The summed E-state index contributed by atoms with van der Waals surface area (Å²) in [6, 6.07) is 0.667. The Bertz CT molecular complexity index is 793. The van der Waals surface area contributed by atoms with Gasteiger partial charge in [-0.2, -0.15) is 0 Å². The average Bonchev–Trinajstić information content (AvgIpc) is 2.87. The van der Waals surface area contributed by atoms with E-state index in [-0.39, 0.29) is 42.3 Å². The molecule has 1 atom stereocenters. The molecule has 1 unspecified atom stereocenters. The smallest absolute Gasteiger partial charge is 0.263 e. The molecule has 0 radical (unpaired) electrons. The van der Waals surface area contributed by atoms with Gasteiger partial charge < -0.3 is 10.2 Å². The van der Waals surface area contributed by atoms with Crippen LogP contribution in [0.3, 0.4) is 0 Å². The largest absolute Gasteiger partial charge is 0.354 e. The number of rotatable bonds is 2. The first kappa shape index (κ1) is 18.3. The lowest BCUT2D eigenvalue weighted by atomic mass is 10.0. The molecule has 0 bridgehead atoms. The second-order valence-electron chi connectivity index (χ2n) is 6.27. The molecule has 2 saturated heterocycles. The van der Waals surface area contributed by atoms with Crippen LogP contribution in [-0.2, 0) is 9.59 Å². The predicted octanol–water partition coefficient (Wildman–Crippen LogP) is -0.686. The zero-order valence-electron chi connectivity index (χ0n) is 13.9. The van der Waals surface area contributed by atoms with E-state index in [1.807, 2.05) is 4.90 Å². The number of carbonyl (C=O) groups is 4. The third-order valence-electron chi connectivity index (χ3n) is 4.75. The number of aromatic nitrogens is 1. The molecule has 26 heavy (non-hydrogen) atoms. The van der Waals surface area contributed by atoms with E-state index in [9.17, 15) is 19.2 Å². The van der Waals surface area contributed by atoms with E-state index in [0.717, 1.165) is 31.1 Å². The summed E-state index contributed by atoms with van der Waals surface area (Å²) in [5.41, 5.74) is 0.465. The van der Waals surface area contributed by atoms with E-state index >= 15 is 0 Å². The van der Waals surface area contributed by atoms with Gasteiger partial charge in [-0.15, -0.1) is 12.4 Å². The molecule has 1 aromatic heterocycles. The van der Waals surface area contributed by atoms with Crippen molar-refractivity contribution >= 4 is 41.9 Å². The van der Waals surface area contributed by atoms with E-state index in [1.165, 1.54) is 6.20 Å². The zero-order chi connectivity index (χ0) is 17.6. The van der Waals surface area contributed by atoms with Gasteiger partial charge in [0, 0.05) is 38.8 Å². The number of hydrogen-bond acceptors (Lipinski definition) is 7. The topological polar surface area (TPSA) is 112 Å². The van der Waals surface area contributed by atoms with Crippen molar-refractivity contribution in [1.29, 1.82) is 0 Å². The monoisotopic (exact) mass is 379 g/mol. The van der Waals surface area contributed by atoms with Crippen molar-refractivity contribution in [2.45, 2.75) is 18.9 Å². The minimum atomic E-state index is -0.951. The highest BCUT2D eigenvalue weighted by Gasteiger charge is 2.45. The molecule has 138 valence electrons. The first-order valence-corrected chi connectivity index (χ1v) is 8.23. The third kappa shape index (κ3) is 2.93. The van der Waals surface area contributed by atoms with Crippen molar-refractivity contribution in [3.8, 4) is 0 Å². The lowest BCUT2D eigenvalue weighted by molar-refractivity contribution is -0.136. The fourth-order valence-corrected chi connectivity index (χ4v) is 3.42. The molecule has 10 heteroatoms. The van der Waals surface area contributed by atoms with Crippen molar-refractivity contribution in [2.24, 2.45) is 0 Å². The number of fused-ring (bicyclic) bond motifs is 1. The fourth-order valence-electron chi connectivity index (χ4n) is 3.42. The molecule has 2 N–H and O–H groups in total. The summed E-state index contributed by atoms with van der Waals surface area (Å²) in [4.78, 5) is 56.0. The van der Waals surface area contributed by atoms with Crippen molar-refractivity contribution in [2.75, 3.05) is 31.1 Å². The minimum absolute atomic E-state index is 0. The van der Waals surface area contributed by atoms with Gasteiger partial charge in [-0.3, -0.25) is 29.4 Å². The number of carbonyl (C=O) groups excluding carboxylic acids is 4. The predicted molar refractivity (Wildman–Crippen MR) is 93.2 cm³/mol. The summed E-state index contributed by atoms with van der Waals surface area (Å²) in [7, 11) is 0. The molecule has 4 heterocycles. The van der Waals surface area contributed by atoms with Crippen LogP contribution in [0, 0.1) is 0 Å². The lowest BCUT2D eigenvalue weighted by Crippen LogP contribution is -2.54. The molecule has 3 aliphatic rings. The van der Waals surface area contributed by atoms with Crippen molar-refractivity contribution in [1.82, 2.24) is 20.5 Å². The quantitative estimate of drug-likeness (QED) is 0.654. The van der Waals surface area contributed by atoms with E-state index in [1.54, 1.807) is 6.07 Å². The number of amides is 4. The molecule has 4 rings (SSSR count). The average molecular weight is 380 g/mol. The second kappa shape index (κ2) is 7.00. The van der Waals surface area contributed by atoms with Crippen LogP contribution in [0.5, 0.6) is 0 Å². The van der Waals surface area contributed by atoms with Crippen molar-refractivity contribution in [3.05, 3.63) is 23.4 Å². The Hall–Kier alpha value is -2.52. The Balaban J connectivity index is 0.00000196. The summed E-state index contributed by atoms with van der Waals surface area (Å²) in [6.07, 6.45) is 1.65. The molecule has 2 fully saturated rings. The van der Waals surface area contributed by atoms with Crippen LogP contribution in [-0.4, -0.2) is 65.7 Å². The summed E-state index contributed by atoms with van der Waals surface area (Å²) in [5.74, 6) is -1.39. The van der Waals surface area contributed by atoms with Gasteiger partial charge in [-0.1, -0.05) is 0 Å². The molecular weight excluding hydrogens is 362 g/mol. The van der Waals surface area contributed by atoms with Gasteiger partial charge in [0.25, 0.3) is 11.8 Å². The number of piperazine rings is 1. The van der Waals surface area contributed by atoms with Gasteiger partial charge in [0.1, 0.15) is 11.9 Å². The van der Waals surface area contributed by atoms with Crippen LogP contribution < -0.4 is 15.5 Å². The van der Waals surface area contributed by atoms with E-state index in [2.05, 4.69) is 15.6 Å². The number of piperidine rings is 1. The van der Waals surface area contributed by atoms with E-state index < -0.39 is 23.8 Å². The first-order chi connectivity index (χ1) is 12.1. The molecule has 0 saturated carbocycles. The number of halogens is 1. The maximum absolute atomic E-state index is 12.8. The molecular formula is C16H18ClN5O4. The van der Waals surface area contributed by atoms with Crippen LogP contribution in [0.25, 0.3) is 0 Å². The van der Waals surface area contributed by atoms with Gasteiger partial charge in [-0.05, 0) is 12.5 Å². The Morgan fingerprint density at radius 2 is 1.73 bits per heavy atom. The van der Waals surface area contributed by atoms with Crippen LogP contribution >= 0.6 is 12.4 Å². The van der Waals surface area contributed by atoms with Crippen molar-refractivity contribution < 1.29 is 19.2 Å². The Labute approximate surface area is 155 Å². The number of nitrogens with zero attached hydrogens (tertiary/aromatic N) is 3. The highest BCUT2D eigenvalue weighted by Crippen LogP contribution is 2.29. The molecule has 0 spiro atoms. The Morgan fingerprint density at radius 1 is 1.04 bits per heavy atom. The number of pyridine rings is 1. The van der Waals surface area contributed by atoms with Gasteiger partial charge in [0.2, 0.25) is 11.8 Å². The van der Waals surface area contributed by atoms with Gasteiger partial charge >= 0.3 is 0 Å².